The summed E-state index contributed by atoms with van der Waals surface area (Å²) in [6.45, 7) is 10.7. The topological polar surface area (TPSA) is 78.6 Å². The molecule has 2 atom stereocenters. The van der Waals surface area contributed by atoms with E-state index in [4.69, 9.17) is 9.47 Å². The van der Waals surface area contributed by atoms with Crippen LogP contribution in [0, 0.1) is 11.8 Å². The zero-order valence-electron chi connectivity index (χ0n) is 19.9. The molecule has 2 aliphatic heterocycles. The van der Waals surface area contributed by atoms with Crippen LogP contribution in [0.2, 0.25) is 0 Å². The number of benzene rings is 1. The van der Waals surface area contributed by atoms with E-state index in [1.54, 1.807) is 0 Å². The number of amides is 1. The van der Waals surface area contributed by atoms with E-state index < -0.39 is 0 Å². The third-order valence-electron chi connectivity index (χ3n) is 6.04. The molecule has 0 spiro atoms. The van der Waals surface area contributed by atoms with E-state index in [2.05, 4.69) is 65.9 Å². The first-order valence-corrected chi connectivity index (χ1v) is 11.9. The van der Waals surface area contributed by atoms with Gasteiger partial charge in [-0.05, 0) is 22.9 Å². The lowest BCUT2D eigenvalue weighted by Gasteiger charge is -2.32. The Bertz CT molecular complexity index is 1010. The van der Waals surface area contributed by atoms with Gasteiger partial charge in [0.2, 0.25) is 5.91 Å². The zero-order valence-corrected chi connectivity index (χ0v) is 19.9. The van der Waals surface area contributed by atoms with Crippen molar-refractivity contribution in [2.75, 3.05) is 39.5 Å². The van der Waals surface area contributed by atoms with Crippen LogP contribution in [0.15, 0.2) is 54.1 Å². The van der Waals surface area contributed by atoms with E-state index in [1.807, 2.05) is 18.0 Å². The number of nitrogens with one attached hydrogen (secondary N) is 3. The maximum atomic E-state index is 13.4. The SMILES string of the molecule is CC(C)CN(CC1C=CC2=C(N1)OCCOC2)C(=O)[C@H](C)CNCc1cccc2cc[nH]c12. The van der Waals surface area contributed by atoms with E-state index in [0.29, 0.717) is 38.8 Å². The summed E-state index contributed by atoms with van der Waals surface area (Å²) in [7, 11) is 0. The number of ether oxygens (including phenoxy) is 2. The third kappa shape index (κ3) is 5.97. The molecule has 0 radical (unpaired) electrons. The molecule has 0 aliphatic carbocycles. The average Bonchev–Trinajstić information content (AvgIpc) is 3.16. The van der Waals surface area contributed by atoms with Crippen molar-refractivity contribution in [3.63, 3.8) is 0 Å². The maximum Gasteiger partial charge on any atom is 0.226 e. The molecule has 7 nitrogen and oxygen atoms in total. The molecule has 0 fully saturated rings. The highest BCUT2D eigenvalue weighted by molar-refractivity contribution is 5.82. The molecule has 0 bridgehead atoms. The Balaban J connectivity index is 1.33. The van der Waals surface area contributed by atoms with Crippen LogP contribution < -0.4 is 10.6 Å². The average molecular weight is 453 g/mol. The molecule has 1 unspecified atom stereocenters. The van der Waals surface area contributed by atoms with Gasteiger partial charge in [-0.2, -0.15) is 0 Å². The van der Waals surface area contributed by atoms with Gasteiger partial charge in [0.05, 0.1) is 19.3 Å². The standard InChI is InChI=1S/C26H36N4O3/c1-18(2)15-30(16-23-8-7-22-17-32-11-12-33-25(22)29-23)26(31)19(3)13-27-14-21-6-4-5-20-9-10-28-24(20)21/h4-10,18-19,23,27-29H,11-17H2,1-3H3/t19-,23?/m1/s1. The van der Waals surface area contributed by atoms with Gasteiger partial charge in [0.15, 0.2) is 5.88 Å². The van der Waals surface area contributed by atoms with Crippen molar-refractivity contribution in [3.05, 3.63) is 59.6 Å². The zero-order chi connectivity index (χ0) is 23.2. The highest BCUT2D eigenvalue weighted by Gasteiger charge is 2.26. The van der Waals surface area contributed by atoms with Gasteiger partial charge in [0, 0.05) is 49.4 Å². The fourth-order valence-corrected chi connectivity index (χ4v) is 4.41. The van der Waals surface area contributed by atoms with Gasteiger partial charge in [-0.25, -0.2) is 0 Å². The van der Waals surface area contributed by atoms with Gasteiger partial charge in [0.1, 0.15) is 6.61 Å². The van der Waals surface area contributed by atoms with Crippen LogP contribution in [-0.4, -0.2) is 61.3 Å². The van der Waals surface area contributed by atoms with Crippen LogP contribution in [0.3, 0.4) is 0 Å². The van der Waals surface area contributed by atoms with Gasteiger partial charge < -0.3 is 30.0 Å². The molecule has 1 aromatic heterocycles. The predicted molar refractivity (Wildman–Crippen MR) is 130 cm³/mol. The van der Waals surface area contributed by atoms with Crippen LogP contribution in [0.1, 0.15) is 26.3 Å². The quantitative estimate of drug-likeness (QED) is 0.545. The number of carbonyl (C=O) groups excluding carboxylic acids is 1. The number of H-pyrrole nitrogens is 1. The highest BCUT2D eigenvalue weighted by Crippen LogP contribution is 2.18. The van der Waals surface area contributed by atoms with Gasteiger partial charge in [0.25, 0.3) is 0 Å². The summed E-state index contributed by atoms with van der Waals surface area (Å²) >= 11 is 0. The Morgan fingerprint density at radius 1 is 1.24 bits per heavy atom. The molecule has 7 heteroatoms. The Kier molecular flexibility index (Phi) is 7.73. The molecular formula is C26H36N4O3. The Labute approximate surface area is 196 Å². The van der Waals surface area contributed by atoms with E-state index in [0.717, 1.165) is 30.1 Å². The molecule has 33 heavy (non-hydrogen) atoms. The second-order valence-corrected chi connectivity index (χ2v) is 9.39. The number of dihydropyridines is 1. The van der Waals surface area contributed by atoms with Gasteiger partial charge in [-0.15, -0.1) is 0 Å². The molecule has 3 heterocycles. The lowest BCUT2D eigenvalue weighted by molar-refractivity contribution is -0.135. The molecule has 1 aromatic carbocycles. The van der Waals surface area contributed by atoms with Crippen LogP contribution >= 0.6 is 0 Å². The first kappa shape index (κ1) is 23.4. The maximum absolute atomic E-state index is 13.4. The molecule has 0 saturated carbocycles. The first-order valence-electron chi connectivity index (χ1n) is 11.9. The van der Waals surface area contributed by atoms with Crippen molar-refractivity contribution in [3.8, 4) is 0 Å². The van der Waals surface area contributed by atoms with Crippen LogP contribution in [0.4, 0.5) is 0 Å². The number of aromatic amines is 1. The van der Waals surface area contributed by atoms with Crippen molar-refractivity contribution < 1.29 is 14.3 Å². The van der Waals surface area contributed by atoms with Crippen molar-refractivity contribution in [1.82, 2.24) is 20.5 Å². The minimum absolute atomic E-state index is 0.0233. The lowest BCUT2D eigenvalue weighted by atomic mass is 10.1. The summed E-state index contributed by atoms with van der Waals surface area (Å²) in [6, 6.07) is 8.39. The van der Waals surface area contributed by atoms with E-state index >= 15 is 0 Å². The number of carbonyl (C=O) groups is 1. The van der Waals surface area contributed by atoms with E-state index in [1.165, 1.54) is 10.9 Å². The normalized spacial score (nSPS) is 19.1. The van der Waals surface area contributed by atoms with E-state index in [-0.39, 0.29) is 17.9 Å². The summed E-state index contributed by atoms with van der Waals surface area (Å²) < 4.78 is 11.3. The number of fused-ring (bicyclic) bond motifs is 1. The minimum atomic E-state index is -0.114. The molecule has 2 aromatic rings. The van der Waals surface area contributed by atoms with Crippen molar-refractivity contribution >= 4 is 16.8 Å². The molecule has 3 N–H and O–H groups in total. The monoisotopic (exact) mass is 452 g/mol. The summed E-state index contributed by atoms with van der Waals surface area (Å²) in [6.07, 6.45) is 6.13. The summed E-state index contributed by atoms with van der Waals surface area (Å²) in [5.74, 6) is 1.24. The number of nitrogens with zero attached hydrogens (tertiary/aromatic N) is 1. The van der Waals surface area contributed by atoms with Crippen molar-refractivity contribution in [1.29, 1.82) is 0 Å². The summed E-state index contributed by atoms with van der Waals surface area (Å²) in [4.78, 5) is 18.7. The van der Waals surface area contributed by atoms with Crippen LogP contribution in [-0.2, 0) is 20.8 Å². The Hall–Kier alpha value is -2.77. The molecule has 0 saturated heterocycles. The second kappa shape index (κ2) is 10.9. The largest absolute Gasteiger partial charge is 0.476 e. The fourth-order valence-electron chi connectivity index (χ4n) is 4.41. The molecule has 2 aliphatic rings. The van der Waals surface area contributed by atoms with Crippen LogP contribution in [0.25, 0.3) is 10.9 Å². The molecule has 4 rings (SSSR count). The molecule has 1 amide bonds. The van der Waals surface area contributed by atoms with Gasteiger partial charge in [-0.1, -0.05) is 51.1 Å². The first-order chi connectivity index (χ1) is 16.0. The Morgan fingerprint density at radius 2 is 2.12 bits per heavy atom. The number of aromatic nitrogens is 1. The predicted octanol–water partition coefficient (Wildman–Crippen LogP) is 3.16. The fraction of sp³-hybridized carbons (Fsp3) is 0.500. The van der Waals surface area contributed by atoms with Crippen LogP contribution in [0.5, 0.6) is 0 Å². The van der Waals surface area contributed by atoms with E-state index in [9.17, 15) is 4.79 Å². The summed E-state index contributed by atoms with van der Waals surface area (Å²) in [5, 5.41) is 8.14. The second-order valence-electron chi connectivity index (χ2n) is 9.39. The third-order valence-corrected chi connectivity index (χ3v) is 6.04. The highest BCUT2D eigenvalue weighted by atomic mass is 16.5. The smallest absolute Gasteiger partial charge is 0.226 e. The Morgan fingerprint density at radius 3 is 2.97 bits per heavy atom. The van der Waals surface area contributed by atoms with Crippen molar-refractivity contribution in [2.24, 2.45) is 11.8 Å². The number of hydrogen-bond donors (Lipinski definition) is 3. The number of hydrogen-bond acceptors (Lipinski definition) is 5. The van der Waals surface area contributed by atoms with Gasteiger partial charge >= 0.3 is 0 Å². The number of para-hydroxylation sites is 1. The lowest BCUT2D eigenvalue weighted by Crippen LogP contribution is -2.48. The van der Waals surface area contributed by atoms with Crippen molar-refractivity contribution in [2.45, 2.75) is 33.4 Å². The summed E-state index contributed by atoms with van der Waals surface area (Å²) in [5.41, 5.74) is 3.39. The minimum Gasteiger partial charge on any atom is -0.476 e. The molecule has 178 valence electrons. The molecular weight excluding hydrogens is 416 g/mol. The number of rotatable bonds is 9. The van der Waals surface area contributed by atoms with Gasteiger partial charge in [-0.3, -0.25) is 4.79 Å².